The Balaban J connectivity index is 2.08. The first-order chi connectivity index (χ1) is 12.4. The number of aliphatic hydroxyl groups excluding tert-OH is 1. The van der Waals surface area contributed by atoms with E-state index in [1.165, 1.54) is 12.1 Å². The molecule has 8 heteroatoms. The monoisotopic (exact) mass is 371 g/mol. The summed E-state index contributed by atoms with van der Waals surface area (Å²) in [5.41, 5.74) is 2.54. The van der Waals surface area contributed by atoms with Crippen LogP contribution in [0.3, 0.4) is 0 Å². The SMILES string of the molecule is C/C([O-])=N/S(=O)(=O)c1ccc(-c2c(-c3ccccc3)noc2CO)cc1. The Morgan fingerprint density at radius 1 is 1.12 bits per heavy atom. The van der Waals surface area contributed by atoms with Gasteiger partial charge in [0.1, 0.15) is 12.3 Å². The van der Waals surface area contributed by atoms with Crippen LogP contribution >= 0.6 is 0 Å². The largest absolute Gasteiger partial charge is 0.861 e. The topological polar surface area (TPSA) is 116 Å². The fourth-order valence-corrected chi connectivity index (χ4v) is 3.46. The summed E-state index contributed by atoms with van der Waals surface area (Å²) in [6.45, 7) is 0.720. The molecule has 26 heavy (non-hydrogen) atoms. The molecule has 0 aliphatic heterocycles. The normalized spacial score (nSPS) is 12.3. The van der Waals surface area contributed by atoms with Gasteiger partial charge in [0.15, 0.2) is 5.76 Å². The van der Waals surface area contributed by atoms with Gasteiger partial charge in [-0.05, 0) is 30.5 Å². The Kier molecular flexibility index (Phi) is 4.88. The highest BCUT2D eigenvalue weighted by Crippen LogP contribution is 2.35. The molecule has 134 valence electrons. The van der Waals surface area contributed by atoms with E-state index in [9.17, 15) is 18.6 Å². The first kappa shape index (κ1) is 17.8. The summed E-state index contributed by atoms with van der Waals surface area (Å²) in [5, 5.41) is 24.5. The van der Waals surface area contributed by atoms with Gasteiger partial charge >= 0.3 is 0 Å². The summed E-state index contributed by atoms with van der Waals surface area (Å²) >= 11 is 0. The van der Waals surface area contributed by atoms with Crippen LogP contribution in [0.1, 0.15) is 12.7 Å². The first-order valence-electron chi connectivity index (χ1n) is 7.66. The van der Waals surface area contributed by atoms with Gasteiger partial charge in [0, 0.05) is 5.56 Å². The van der Waals surface area contributed by atoms with Crippen LogP contribution in [0.2, 0.25) is 0 Å². The van der Waals surface area contributed by atoms with Gasteiger partial charge < -0.3 is 14.7 Å². The first-order valence-corrected chi connectivity index (χ1v) is 9.10. The fraction of sp³-hybridized carbons (Fsp3) is 0.111. The van der Waals surface area contributed by atoms with E-state index in [0.717, 1.165) is 12.5 Å². The summed E-state index contributed by atoms with van der Waals surface area (Å²) < 4.78 is 32.3. The smallest absolute Gasteiger partial charge is 0.281 e. The molecule has 0 fully saturated rings. The van der Waals surface area contributed by atoms with Crippen LogP contribution in [-0.2, 0) is 16.6 Å². The van der Waals surface area contributed by atoms with Gasteiger partial charge in [-0.25, -0.2) is 0 Å². The van der Waals surface area contributed by atoms with Crippen molar-refractivity contribution >= 4 is 15.9 Å². The summed E-state index contributed by atoms with van der Waals surface area (Å²) in [4.78, 5) is -0.0975. The average molecular weight is 371 g/mol. The van der Waals surface area contributed by atoms with Gasteiger partial charge in [0.2, 0.25) is 0 Å². The van der Waals surface area contributed by atoms with Gasteiger partial charge in [-0.2, -0.15) is 12.8 Å². The standard InChI is InChI=1S/C18H16N2O5S/c1-12(22)20-26(23,24)15-9-7-13(8-10-15)17-16(11-21)25-19-18(17)14-5-3-2-4-6-14/h2-10,21H,11H2,1H3,(H,20,22)/p-1. The number of nitrogens with zero attached hydrogens (tertiary/aromatic N) is 2. The highest BCUT2D eigenvalue weighted by molar-refractivity contribution is 7.90. The second kappa shape index (κ2) is 7.11. The maximum Gasteiger partial charge on any atom is 0.281 e. The average Bonchev–Trinajstić information content (AvgIpc) is 3.05. The number of aliphatic hydroxyl groups is 1. The summed E-state index contributed by atoms with van der Waals surface area (Å²) in [6, 6.07) is 15.1. The van der Waals surface area contributed by atoms with E-state index in [1.807, 2.05) is 30.3 Å². The lowest BCUT2D eigenvalue weighted by Crippen LogP contribution is -2.14. The maximum absolute atomic E-state index is 12.0. The quantitative estimate of drug-likeness (QED) is 0.541. The molecule has 1 heterocycles. The molecule has 0 amide bonds. The lowest BCUT2D eigenvalue weighted by atomic mass is 9.99. The van der Waals surface area contributed by atoms with Crippen LogP contribution in [0.4, 0.5) is 0 Å². The molecule has 0 radical (unpaired) electrons. The lowest BCUT2D eigenvalue weighted by Gasteiger charge is -2.07. The molecule has 0 saturated heterocycles. The molecule has 1 aromatic heterocycles. The van der Waals surface area contributed by atoms with Crippen LogP contribution in [0, 0.1) is 0 Å². The Morgan fingerprint density at radius 3 is 2.35 bits per heavy atom. The lowest BCUT2D eigenvalue weighted by molar-refractivity contribution is -0.215. The second-order valence-electron chi connectivity index (χ2n) is 5.46. The van der Waals surface area contributed by atoms with Crippen molar-refractivity contribution in [3.63, 3.8) is 0 Å². The van der Waals surface area contributed by atoms with E-state index in [0.29, 0.717) is 16.8 Å². The third-order valence-corrected chi connectivity index (χ3v) is 5.01. The molecule has 2 aromatic carbocycles. The molecule has 1 N–H and O–H groups in total. The molecule has 0 aliphatic rings. The van der Waals surface area contributed by atoms with Gasteiger partial charge in [-0.3, -0.25) is 0 Å². The van der Waals surface area contributed by atoms with Gasteiger partial charge in [0.25, 0.3) is 10.0 Å². The molecular formula is C18H15N2O5S-. The Labute approximate surface area is 150 Å². The molecule has 3 aromatic rings. The van der Waals surface area contributed by atoms with Gasteiger partial charge in [-0.15, -0.1) is 0 Å². The van der Waals surface area contributed by atoms with Crippen LogP contribution in [0.5, 0.6) is 0 Å². The van der Waals surface area contributed by atoms with Crippen molar-refractivity contribution < 1.29 is 23.2 Å². The minimum atomic E-state index is -4.04. The number of aromatic nitrogens is 1. The third kappa shape index (κ3) is 3.51. The van der Waals surface area contributed by atoms with Crippen LogP contribution in [0.15, 0.2) is 68.4 Å². The highest BCUT2D eigenvalue weighted by atomic mass is 32.2. The van der Waals surface area contributed by atoms with Crippen LogP contribution < -0.4 is 5.11 Å². The Hall–Kier alpha value is -2.97. The number of hydrogen-bond donors (Lipinski definition) is 1. The van der Waals surface area contributed by atoms with E-state index >= 15 is 0 Å². The number of hydrogen-bond acceptors (Lipinski definition) is 6. The van der Waals surface area contributed by atoms with Gasteiger partial charge in [0.05, 0.1) is 10.5 Å². The van der Waals surface area contributed by atoms with Crippen LogP contribution in [0.25, 0.3) is 22.4 Å². The second-order valence-corrected chi connectivity index (χ2v) is 7.07. The van der Waals surface area contributed by atoms with Crippen molar-refractivity contribution in [2.45, 2.75) is 18.4 Å². The molecule has 3 rings (SSSR count). The van der Waals surface area contributed by atoms with Crippen molar-refractivity contribution in [2.75, 3.05) is 0 Å². The summed E-state index contributed by atoms with van der Waals surface area (Å²) in [6.07, 6.45) is 0. The molecule has 0 aliphatic carbocycles. The van der Waals surface area contributed by atoms with E-state index in [-0.39, 0.29) is 17.3 Å². The zero-order chi connectivity index (χ0) is 18.7. The number of benzene rings is 2. The maximum atomic E-state index is 12.0. The zero-order valence-corrected chi connectivity index (χ0v) is 14.6. The van der Waals surface area contributed by atoms with Crippen molar-refractivity contribution in [1.82, 2.24) is 5.16 Å². The highest BCUT2D eigenvalue weighted by Gasteiger charge is 2.20. The van der Waals surface area contributed by atoms with E-state index < -0.39 is 15.9 Å². The predicted octanol–water partition coefficient (Wildman–Crippen LogP) is 1.97. The summed E-state index contributed by atoms with van der Waals surface area (Å²) in [7, 11) is -4.04. The van der Waals surface area contributed by atoms with Crippen LogP contribution in [-0.4, -0.2) is 24.6 Å². The van der Waals surface area contributed by atoms with E-state index in [1.54, 1.807) is 12.1 Å². The summed E-state index contributed by atoms with van der Waals surface area (Å²) in [5.74, 6) is -0.519. The molecule has 0 atom stereocenters. The number of sulfonamides is 1. The third-order valence-electron chi connectivity index (χ3n) is 3.64. The van der Waals surface area contributed by atoms with Gasteiger partial charge in [-0.1, -0.05) is 47.6 Å². The zero-order valence-electron chi connectivity index (χ0n) is 13.8. The number of rotatable bonds is 5. The fourth-order valence-electron chi connectivity index (χ4n) is 2.54. The van der Waals surface area contributed by atoms with Crippen molar-refractivity contribution in [3.05, 3.63) is 60.4 Å². The molecule has 0 bridgehead atoms. The molecule has 0 unspecified atom stereocenters. The van der Waals surface area contributed by atoms with E-state index in [2.05, 4.69) is 9.55 Å². The Morgan fingerprint density at radius 2 is 1.77 bits per heavy atom. The predicted molar refractivity (Wildman–Crippen MR) is 93.6 cm³/mol. The van der Waals surface area contributed by atoms with E-state index in [4.69, 9.17) is 4.52 Å². The molecule has 0 spiro atoms. The Bertz CT molecular complexity index is 1030. The molecule has 0 saturated carbocycles. The molecular weight excluding hydrogens is 356 g/mol. The van der Waals surface area contributed by atoms with Crippen molar-refractivity contribution in [2.24, 2.45) is 4.40 Å². The minimum absolute atomic E-state index is 0.0975. The van der Waals surface area contributed by atoms with Crippen molar-refractivity contribution in [1.29, 1.82) is 0 Å². The van der Waals surface area contributed by atoms with Crippen molar-refractivity contribution in [3.8, 4) is 22.4 Å². The molecule has 7 nitrogen and oxygen atoms in total. The minimum Gasteiger partial charge on any atom is -0.861 e.